The fourth-order valence-electron chi connectivity index (χ4n) is 3.59. The van der Waals surface area contributed by atoms with Crippen molar-refractivity contribution < 1.29 is 37.1 Å². The molecule has 0 unspecified atom stereocenters. The lowest BCUT2D eigenvalue weighted by molar-refractivity contribution is -0.155. The van der Waals surface area contributed by atoms with Gasteiger partial charge in [-0.1, -0.05) is 24.4 Å². The average molecular weight is 462 g/mol. The number of anilines is 1. The molecule has 2 fully saturated rings. The number of nitrogens with zero attached hydrogens (tertiary/aromatic N) is 1. The molecule has 1 saturated carbocycles. The Labute approximate surface area is 180 Å². The number of rotatable bonds is 5. The van der Waals surface area contributed by atoms with Crippen molar-refractivity contribution in [1.29, 1.82) is 0 Å². The van der Waals surface area contributed by atoms with E-state index in [-0.39, 0.29) is 10.7 Å². The number of amides is 4. The summed E-state index contributed by atoms with van der Waals surface area (Å²) >= 11 is 5.83. The molecule has 168 valence electrons. The molecule has 1 aromatic rings. The lowest BCUT2D eigenvalue weighted by Crippen LogP contribution is -2.44. The lowest BCUT2D eigenvalue weighted by Gasteiger charge is -2.20. The van der Waals surface area contributed by atoms with E-state index in [1.165, 1.54) is 6.92 Å². The van der Waals surface area contributed by atoms with Crippen LogP contribution in [-0.4, -0.2) is 46.9 Å². The van der Waals surface area contributed by atoms with Crippen LogP contribution in [0.1, 0.15) is 38.2 Å². The molecular weight excluding hydrogens is 443 g/mol. The SMILES string of the molecule is C[C@H](OC(=O)CN1C(=O)NC2(CCCC2)C1=O)C(=O)Nc1cc(C(F)(F)F)ccc1Cl. The van der Waals surface area contributed by atoms with E-state index in [1.807, 2.05) is 0 Å². The summed E-state index contributed by atoms with van der Waals surface area (Å²) in [6.45, 7) is 0.507. The molecule has 12 heteroatoms. The van der Waals surface area contributed by atoms with Crippen LogP contribution in [0.4, 0.5) is 23.7 Å². The van der Waals surface area contributed by atoms with Gasteiger partial charge in [0.05, 0.1) is 16.3 Å². The predicted molar refractivity (Wildman–Crippen MR) is 102 cm³/mol. The van der Waals surface area contributed by atoms with Crippen molar-refractivity contribution in [1.82, 2.24) is 10.2 Å². The Morgan fingerprint density at radius 1 is 1.29 bits per heavy atom. The Hall–Kier alpha value is -2.82. The Bertz CT molecular complexity index is 931. The number of hydrogen-bond donors (Lipinski definition) is 2. The number of nitrogens with one attached hydrogen (secondary N) is 2. The van der Waals surface area contributed by atoms with Gasteiger partial charge in [-0.05, 0) is 38.0 Å². The van der Waals surface area contributed by atoms with Crippen molar-refractivity contribution in [2.75, 3.05) is 11.9 Å². The Balaban J connectivity index is 1.59. The zero-order valence-electron chi connectivity index (χ0n) is 16.3. The minimum atomic E-state index is -4.64. The van der Waals surface area contributed by atoms with Gasteiger partial charge in [-0.15, -0.1) is 0 Å². The Morgan fingerprint density at radius 2 is 1.94 bits per heavy atom. The number of hydrogen-bond acceptors (Lipinski definition) is 5. The fraction of sp³-hybridized carbons (Fsp3) is 0.474. The maximum Gasteiger partial charge on any atom is 0.416 e. The number of urea groups is 1. The quantitative estimate of drug-likeness (QED) is 0.518. The first-order valence-corrected chi connectivity index (χ1v) is 9.82. The van der Waals surface area contributed by atoms with Crippen LogP contribution in [0.2, 0.25) is 5.02 Å². The van der Waals surface area contributed by atoms with E-state index in [2.05, 4.69) is 10.6 Å². The molecule has 4 amide bonds. The second-order valence-electron chi connectivity index (χ2n) is 7.42. The standard InChI is InChI=1S/C19H19ClF3N3O5/c1-10(15(28)24-13-8-11(19(21,22)23)4-5-12(13)20)31-14(27)9-26-16(29)18(25-17(26)30)6-2-3-7-18/h4-5,8,10H,2-3,6-7,9H2,1H3,(H,24,28)(H,25,30)/t10-/m0/s1. The monoisotopic (exact) mass is 461 g/mol. The molecule has 0 bridgehead atoms. The third kappa shape index (κ3) is 4.76. The summed E-state index contributed by atoms with van der Waals surface area (Å²) in [5.41, 5.74) is -2.31. The number of benzene rings is 1. The Morgan fingerprint density at radius 3 is 2.55 bits per heavy atom. The minimum Gasteiger partial charge on any atom is -0.451 e. The second kappa shape index (κ2) is 8.37. The molecule has 8 nitrogen and oxygen atoms in total. The summed E-state index contributed by atoms with van der Waals surface area (Å²) in [6.07, 6.45) is -3.53. The molecule has 2 aliphatic rings. The average Bonchev–Trinajstić information content (AvgIpc) is 3.23. The summed E-state index contributed by atoms with van der Waals surface area (Å²) in [7, 11) is 0. The highest BCUT2D eigenvalue weighted by Crippen LogP contribution is 2.35. The molecular formula is C19H19ClF3N3O5. The maximum atomic E-state index is 12.8. The van der Waals surface area contributed by atoms with Crippen LogP contribution in [0.25, 0.3) is 0 Å². The van der Waals surface area contributed by atoms with Crippen LogP contribution in [0, 0.1) is 0 Å². The highest BCUT2D eigenvalue weighted by atomic mass is 35.5. The van der Waals surface area contributed by atoms with E-state index in [4.69, 9.17) is 16.3 Å². The van der Waals surface area contributed by atoms with Crippen LogP contribution >= 0.6 is 11.6 Å². The third-order valence-electron chi connectivity index (χ3n) is 5.22. The smallest absolute Gasteiger partial charge is 0.416 e. The molecule has 1 saturated heterocycles. The molecule has 1 heterocycles. The second-order valence-corrected chi connectivity index (χ2v) is 7.83. The first-order chi connectivity index (χ1) is 14.4. The van der Waals surface area contributed by atoms with E-state index >= 15 is 0 Å². The third-order valence-corrected chi connectivity index (χ3v) is 5.55. The van der Waals surface area contributed by atoms with Crippen LogP contribution in [0.15, 0.2) is 18.2 Å². The Kier molecular flexibility index (Phi) is 6.17. The zero-order valence-corrected chi connectivity index (χ0v) is 17.1. The van der Waals surface area contributed by atoms with Crippen LogP contribution in [-0.2, 0) is 25.3 Å². The normalized spacial score (nSPS) is 18.8. The van der Waals surface area contributed by atoms with Gasteiger partial charge in [-0.2, -0.15) is 13.2 Å². The fourth-order valence-corrected chi connectivity index (χ4v) is 3.75. The molecule has 1 spiro atoms. The van der Waals surface area contributed by atoms with Crippen LogP contribution < -0.4 is 10.6 Å². The van der Waals surface area contributed by atoms with Gasteiger partial charge in [0.25, 0.3) is 11.8 Å². The topological polar surface area (TPSA) is 105 Å². The van der Waals surface area contributed by atoms with Crippen molar-refractivity contribution in [2.45, 2.75) is 50.4 Å². The van der Waals surface area contributed by atoms with E-state index in [9.17, 15) is 32.3 Å². The van der Waals surface area contributed by atoms with Crippen molar-refractivity contribution in [3.05, 3.63) is 28.8 Å². The summed E-state index contributed by atoms with van der Waals surface area (Å²) in [5.74, 6) is -2.46. The number of alkyl halides is 3. The summed E-state index contributed by atoms with van der Waals surface area (Å²) < 4.78 is 43.5. The number of imide groups is 1. The number of carbonyl (C=O) groups excluding carboxylic acids is 4. The molecule has 1 aromatic carbocycles. The van der Waals surface area contributed by atoms with E-state index in [1.54, 1.807) is 0 Å². The van der Waals surface area contributed by atoms with Gasteiger partial charge in [0.15, 0.2) is 6.10 Å². The summed E-state index contributed by atoms with van der Waals surface area (Å²) in [5, 5.41) is 4.64. The molecule has 1 aliphatic heterocycles. The zero-order chi connectivity index (χ0) is 23.0. The van der Waals surface area contributed by atoms with Crippen molar-refractivity contribution in [2.24, 2.45) is 0 Å². The van der Waals surface area contributed by atoms with Crippen molar-refractivity contribution in [3.63, 3.8) is 0 Å². The van der Waals surface area contributed by atoms with Crippen molar-refractivity contribution in [3.8, 4) is 0 Å². The largest absolute Gasteiger partial charge is 0.451 e. The van der Waals surface area contributed by atoms with Crippen LogP contribution in [0.3, 0.4) is 0 Å². The van der Waals surface area contributed by atoms with Gasteiger partial charge < -0.3 is 15.4 Å². The number of esters is 1. The summed E-state index contributed by atoms with van der Waals surface area (Å²) in [4.78, 5) is 49.8. The molecule has 3 rings (SSSR count). The molecule has 31 heavy (non-hydrogen) atoms. The van der Waals surface area contributed by atoms with E-state index in [0.717, 1.165) is 29.9 Å². The highest BCUT2D eigenvalue weighted by Gasteiger charge is 2.52. The van der Waals surface area contributed by atoms with Gasteiger partial charge in [-0.3, -0.25) is 19.3 Å². The van der Waals surface area contributed by atoms with Gasteiger partial charge in [0.1, 0.15) is 12.1 Å². The molecule has 0 aromatic heterocycles. The van der Waals surface area contributed by atoms with Gasteiger partial charge in [0.2, 0.25) is 0 Å². The number of ether oxygens (including phenoxy) is 1. The first kappa shape index (κ1) is 22.9. The van der Waals surface area contributed by atoms with Crippen molar-refractivity contribution >= 4 is 41.1 Å². The van der Waals surface area contributed by atoms with Gasteiger partial charge in [-0.25, -0.2) is 4.79 Å². The van der Waals surface area contributed by atoms with Gasteiger partial charge >= 0.3 is 18.2 Å². The number of carbonyl (C=O) groups is 4. The molecule has 2 N–H and O–H groups in total. The van der Waals surface area contributed by atoms with E-state index < -0.39 is 53.7 Å². The molecule has 1 atom stereocenters. The van der Waals surface area contributed by atoms with E-state index in [0.29, 0.717) is 18.9 Å². The lowest BCUT2D eigenvalue weighted by atomic mass is 9.98. The van der Waals surface area contributed by atoms with Gasteiger partial charge in [0, 0.05) is 0 Å². The maximum absolute atomic E-state index is 12.8. The molecule has 0 radical (unpaired) electrons. The first-order valence-electron chi connectivity index (χ1n) is 9.44. The molecule has 1 aliphatic carbocycles. The number of halogens is 4. The predicted octanol–water partition coefficient (Wildman–Crippen LogP) is 3.09. The minimum absolute atomic E-state index is 0.138. The summed E-state index contributed by atoms with van der Waals surface area (Å²) in [6, 6.07) is 1.68. The van der Waals surface area contributed by atoms with Crippen LogP contribution in [0.5, 0.6) is 0 Å². The highest BCUT2D eigenvalue weighted by molar-refractivity contribution is 6.33.